The van der Waals surface area contributed by atoms with Gasteiger partial charge in [-0.15, -0.1) is 22.7 Å². The lowest BCUT2D eigenvalue weighted by atomic mass is 10.0. The number of hydrogen-bond donors (Lipinski definition) is 1. The lowest BCUT2D eigenvalue weighted by molar-refractivity contribution is 0.0999. The summed E-state index contributed by atoms with van der Waals surface area (Å²) in [5.74, 6) is 0.641. The van der Waals surface area contributed by atoms with E-state index in [-0.39, 0.29) is 11.7 Å². The van der Waals surface area contributed by atoms with Crippen molar-refractivity contribution in [2.75, 3.05) is 18.5 Å². The van der Waals surface area contributed by atoms with E-state index in [1.54, 1.807) is 28.7 Å². The molecule has 1 N–H and O–H groups in total. The number of amides is 1. The molecule has 2 aromatic carbocycles. The van der Waals surface area contributed by atoms with Crippen LogP contribution in [0.1, 0.15) is 41.8 Å². The average molecular weight is 518 g/mol. The first-order valence-corrected chi connectivity index (χ1v) is 13.9. The number of carbonyl (C=O) groups excluding carboxylic acids is 1. The molecule has 4 heterocycles. The molecule has 1 amide bonds. The van der Waals surface area contributed by atoms with Crippen LogP contribution in [0.25, 0.3) is 31.8 Å². The average Bonchev–Trinajstić information content (AvgIpc) is 3.58. The second kappa shape index (κ2) is 9.35. The maximum atomic E-state index is 13.4. The number of para-hydroxylation sites is 2. The summed E-state index contributed by atoms with van der Waals surface area (Å²) in [6.45, 7) is 8.80. The molecule has 0 saturated carbocycles. The molecule has 0 unspecified atom stereocenters. The zero-order chi connectivity index (χ0) is 24.8. The molecular weight excluding hydrogens is 490 g/mol. The Morgan fingerprint density at radius 3 is 2.86 bits per heavy atom. The summed E-state index contributed by atoms with van der Waals surface area (Å²) >= 11 is 3.33. The summed E-state index contributed by atoms with van der Waals surface area (Å²) in [5, 5.41) is 5.80. The van der Waals surface area contributed by atoms with Crippen molar-refractivity contribution in [3.8, 4) is 16.3 Å². The number of nitrogens with one attached hydrogen (secondary N) is 1. The van der Waals surface area contributed by atoms with Crippen molar-refractivity contribution >= 4 is 54.8 Å². The van der Waals surface area contributed by atoms with Crippen LogP contribution in [0.15, 0.2) is 52.9 Å². The Kier molecular flexibility index (Phi) is 6.03. The van der Waals surface area contributed by atoms with E-state index in [2.05, 4.69) is 30.1 Å². The number of furan rings is 1. The van der Waals surface area contributed by atoms with E-state index >= 15 is 0 Å². The fourth-order valence-corrected chi connectivity index (χ4v) is 7.12. The van der Waals surface area contributed by atoms with Crippen molar-refractivity contribution in [3.05, 3.63) is 64.7 Å². The number of nitrogens with zero attached hydrogens (tertiary/aromatic N) is 2. The number of anilines is 1. The summed E-state index contributed by atoms with van der Waals surface area (Å²) in [4.78, 5) is 22.1. The fraction of sp³-hybridized carbons (Fsp3) is 0.286. The van der Waals surface area contributed by atoms with E-state index < -0.39 is 0 Å². The summed E-state index contributed by atoms with van der Waals surface area (Å²) in [7, 11) is 0. The maximum absolute atomic E-state index is 13.4. The van der Waals surface area contributed by atoms with E-state index in [0.717, 1.165) is 50.7 Å². The molecule has 0 aliphatic carbocycles. The van der Waals surface area contributed by atoms with Crippen LogP contribution in [-0.2, 0) is 13.0 Å². The highest BCUT2D eigenvalue weighted by Gasteiger charge is 2.29. The van der Waals surface area contributed by atoms with E-state index in [1.807, 2.05) is 43.3 Å². The summed E-state index contributed by atoms with van der Waals surface area (Å²) in [6.07, 6.45) is 0.938. The van der Waals surface area contributed by atoms with Gasteiger partial charge in [-0.1, -0.05) is 24.3 Å². The fourth-order valence-electron chi connectivity index (χ4n) is 4.74. The molecule has 0 spiro atoms. The van der Waals surface area contributed by atoms with E-state index in [0.29, 0.717) is 24.0 Å². The number of thiophene rings is 1. The van der Waals surface area contributed by atoms with E-state index in [9.17, 15) is 4.79 Å². The normalized spacial score (nSPS) is 14.0. The van der Waals surface area contributed by atoms with Crippen molar-refractivity contribution in [1.29, 1.82) is 0 Å². The number of ether oxygens (including phenoxy) is 1. The molecule has 0 saturated heterocycles. The third-order valence-electron chi connectivity index (χ3n) is 6.58. The highest BCUT2D eigenvalue weighted by molar-refractivity contribution is 7.23. The van der Waals surface area contributed by atoms with Gasteiger partial charge in [-0.2, -0.15) is 0 Å². The molecule has 36 heavy (non-hydrogen) atoms. The first-order chi connectivity index (χ1) is 17.5. The zero-order valence-electron chi connectivity index (χ0n) is 20.5. The minimum Gasteiger partial charge on any atom is -0.490 e. The van der Waals surface area contributed by atoms with Crippen LogP contribution in [0.5, 0.6) is 5.75 Å². The highest BCUT2D eigenvalue weighted by Crippen LogP contribution is 2.46. The molecular formula is C28H27N3O3S2. The second-order valence-corrected chi connectivity index (χ2v) is 11.3. The molecule has 3 aromatic heterocycles. The molecule has 1 aliphatic heterocycles. The quantitative estimate of drug-likeness (QED) is 0.258. The van der Waals surface area contributed by atoms with Crippen LogP contribution in [0.2, 0.25) is 0 Å². The maximum Gasteiger partial charge on any atom is 0.292 e. The van der Waals surface area contributed by atoms with Gasteiger partial charge in [0.1, 0.15) is 10.0 Å². The van der Waals surface area contributed by atoms with E-state index in [1.165, 1.54) is 10.4 Å². The number of hydrogen-bond acceptors (Lipinski definition) is 7. The van der Waals surface area contributed by atoms with Gasteiger partial charge >= 0.3 is 0 Å². The van der Waals surface area contributed by atoms with Crippen molar-refractivity contribution in [3.63, 3.8) is 0 Å². The summed E-state index contributed by atoms with van der Waals surface area (Å²) in [5.41, 5.74) is 3.93. The third kappa shape index (κ3) is 4.09. The molecule has 8 heteroatoms. The Morgan fingerprint density at radius 2 is 2.06 bits per heavy atom. The lowest BCUT2D eigenvalue weighted by Gasteiger charge is -2.30. The first-order valence-electron chi connectivity index (χ1n) is 12.2. The van der Waals surface area contributed by atoms with Crippen molar-refractivity contribution < 1.29 is 13.9 Å². The van der Waals surface area contributed by atoms with Crippen LogP contribution in [0, 0.1) is 0 Å². The van der Waals surface area contributed by atoms with Gasteiger partial charge in [-0.25, -0.2) is 4.98 Å². The molecule has 0 fully saturated rings. The predicted octanol–water partition coefficient (Wildman–Crippen LogP) is 7.19. The number of carbonyl (C=O) groups is 1. The van der Waals surface area contributed by atoms with Gasteiger partial charge in [0.15, 0.2) is 17.1 Å². The molecule has 184 valence electrons. The molecule has 1 aliphatic rings. The number of benzene rings is 2. The Morgan fingerprint density at radius 1 is 1.19 bits per heavy atom. The number of thiazole rings is 1. The van der Waals surface area contributed by atoms with Crippen molar-refractivity contribution in [1.82, 2.24) is 9.88 Å². The monoisotopic (exact) mass is 517 g/mol. The smallest absolute Gasteiger partial charge is 0.292 e. The minimum absolute atomic E-state index is 0.266. The number of rotatable bonds is 6. The second-order valence-electron chi connectivity index (χ2n) is 9.18. The van der Waals surface area contributed by atoms with Crippen LogP contribution < -0.4 is 10.1 Å². The zero-order valence-corrected chi connectivity index (χ0v) is 22.1. The van der Waals surface area contributed by atoms with Gasteiger partial charge in [0, 0.05) is 35.0 Å². The van der Waals surface area contributed by atoms with Crippen LogP contribution in [0.4, 0.5) is 5.00 Å². The van der Waals surface area contributed by atoms with Gasteiger partial charge in [-0.3, -0.25) is 9.69 Å². The van der Waals surface area contributed by atoms with Crippen LogP contribution in [0.3, 0.4) is 0 Å². The standard InChI is InChI=1S/C28H27N3O3S2/c1-4-33-20-10-7-8-17-14-21(34-25(17)20)26(32)30-28-24(27-29-19-9-5-6-11-22(19)35-27)18-12-13-31(16(2)3)15-23(18)36-28/h5-11,14,16H,4,12-13,15H2,1-3H3,(H,30,32). The number of fused-ring (bicyclic) bond motifs is 3. The van der Waals surface area contributed by atoms with Gasteiger partial charge in [0.05, 0.1) is 16.8 Å². The Bertz CT molecular complexity index is 1550. The molecule has 0 atom stereocenters. The SMILES string of the molecule is CCOc1cccc2cc(C(=O)Nc3sc4c(c3-c3nc5ccccc5s3)CCN(C(C)C)C4)oc12. The van der Waals surface area contributed by atoms with Gasteiger partial charge in [0.25, 0.3) is 5.91 Å². The summed E-state index contributed by atoms with van der Waals surface area (Å²) in [6, 6.07) is 16.1. The van der Waals surface area contributed by atoms with E-state index in [4.69, 9.17) is 14.1 Å². The van der Waals surface area contributed by atoms with Gasteiger partial charge in [0.2, 0.25) is 0 Å². The first kappa shape index (κ1) is 23.2. The Balaban J connectivity index is 1.40. The molecule has 0 bridgehead atoms. The summed E-state index contributed by atoms with van der Waals surface area (Å²) < 4.78 is 12.8. The minimum atomic E-state index is -0.268. The number of aromatic nitrogens is 1. The topological polar surface area (TPSA) is 67.6 Å². The Labute approximate surface area is 217 Å². The predicted molar refractivity (Wildman–Crippen MR) is 148 cm³/mol. The molecule has 5 aromatic rings. The molecule has 6 nitrogen and oxygen atoms in total. The highest BCUT2D eigenvalue weighted by atomic mass is 32.1. The van der Waals surface area contributed by atoms with Crippen molar-refractivity contribution in [2.45, 2.75) is 39.8 Å². The molecule has 6 rings (SSSR count). The third-order valence-corrected chi connectivity index (χ3v) is 8.77. The Hall–Kier alpha value is -3.20. The van der Waals surface area contributed by atoms with Crippen LogP contribution >= 0.6 is 22.7 Å². The van der Waals surface area contributed by atoms with Gasteiger partial charge in [-0.05, 0) is 57.0 Å². The molecule has 0 radical (unpaired) electrons. The van der Waals surface area contributed by atoms with Crippen LogP contribution in [-0.4, -0.2) is 35.0 Å². The largest absolute Gasteiger partial charge is 0.490 e. The van der Waals surface area contributed by atoms with Gasteiger partial charge < -0.3 is 14.5 Å². The lowest BCUT2D eigenvalue weighted by Crippen LogP contribution is -2.35. The van der Waals surface area contributed by atoms with Crippen molar-refractivity contribution in [2.24, 2.45) is 0 Å².